The van der Waals surface area contributed by atoms with Crippen molar-refractivity contribution < 1.29 is 14.4 Å². The van der Waals surface area contributed by atoms with Gasteiger partial charge in [0, 0.05) is 19.2 Å². The Balaban J connectivity index is 1.93. The number of hydrogen-bond donors (Lipinski definition) is 1. The third-order valence-electron chi connectivity index (χ3n) is 3.19. The van der Waals surface area contributed by atoms with Crippen molar-refractivity contribution in [2.45, 2.75) is 6.42 Å². The molecule has 0 fully saturated rings. The number of benzene rings is 1. The van der Waals surface area contributed by atoms with Crippen LogP contribution in [0.2, 0.25) is 0 Å². The summed E-state index contributed by atoms with van der Waals surface area (Å²) in [7, 11) is 0. The van der Waals surface area contributed by atoms with E-state index in [1.807, 2.05) is 34.7 Å². The first-order valence-corrected chi connectivity index (χ1v) is 5.95. The summed E-state index contributed by atoms with van der Waals surface area (Å²) >= 11 is 0. The summed E-state index contributed by atoms with van der Waals surface area (Å²) in [4.78, 5) is 28.5. The van der Waals surface area contributed by atoms with Crippen LogP contribution in [0.15, 0.2) is 36.0 Å². The first-order valence-electron chi connectivity index (χ1n) is 5.95. The van der Waals surface area contributed by atoms with Crippen LogP contribution in [0.1, 0.15) is 11.1 Å². The Kier molecular flexibility index (Phi) is 2.79. The topological polar surface area (TPSA) is 58.6 Å². The van der Waals surface area contributed by atoms with E-state index in [1.165, 1.54) is 0 Å². The molecule has 0 aliphatic carbocycles. The maximum absolute atomic E-state index is 11.8. The van der Waals surface area contributed by atoms with Crippen LogP contribution in [0.3, 0.4) is 0 Å². The highest BCUT2D eigenvalue weighted by Gasteiger charge is 2.25. The highest BCUT2D eigenvalue weighted by molar-refractivity contribution is 5.92. The highest BCUT2D eigenvalue weighted by atomic mass is 16.7. The van der Waals surface area contributed by atoms with Crippen molar-refractivity contribution in [1.82, 2.24) is 5.48 Å². The summed E-state index contributed by atoms with van der Waals surface area (Å²) in [5.41, 5.74) is 5.83. The lowest BCUT2D eigenvalue weighted by molar-refractivity contribution is -0.150. The average Bonchev–Trinajstić information content (AvgIpc) is 2.45. The van der Waals surface area contributed by atoms with Crippen molar-refractivity contribution in [1.29, 1.82) is 0 Å². The van der Waals surface area contributed by atoms with E-state index < -0.39 is 5.97 Å². The van der Waals surface area contributed by atoms with E-state index in [0.717, 1.165) is 23.4 Å². The summed E-state index contributed by atoms with van der Waals surface area (Å²) < 4.78 is 0. The first kappa shape index (κ1) is 11.5. The molecule has 2 aliphatic rings. The lowest BCUT2D eigenvalue weighted by Gasteiger charge is -2.31. The van der Waals surface area contributed by atoms with E-state index in [0.29, 0.717) is 18.4 Å². The Morgan fingerprint density at radius 1 is 1.42 bits per heavy atom. The van der Waals surface area contributed by atoms with Gasteiger partial charge in [0.25, 0.3) is 0 Å². The molecular weight excluding hydrogens is 244 g/mol. The van der Waals surface area contributed by atoms with Gasteiger partial charge in [-0.3, -0.25) is 4.79 Å². The van der Waals surface area contributed by atoms with Crippen molar-refractivity contribution in [3.63, 3.8) is 0 Å². The van der Waals surface area contributed by atoms with Crippen molar-refractivity contribution in [3.8, 4) is 0 Å². The third kappa shape index (κ3) is 1.99. The molecule has 1 N–H and O–H groups in total. The summed E-state index contributed by atoms with van der Waals surface area (Å²) in [5.74, 6) is -0.530. The minimum Gasteiger partial charge on any atom is -0.343 e. The number of hydroxylamine groups is 1. The zero-order valence-electron chi connectivity index (χ0n) is 10.1. The normalized spacial score (nSPS) is 15.4. The molecule has 5 heteroatoms. The summed E-state index contributed by atoms with van der Waals surface area (Å²) in [6.45, 7) is 0.724. The van der Waals surface area contributed by atoms with Gasteiger partial charge in [-0.05, 0) is 11.1 Å². The van der Waals surface area contributed by atoms with Crippen molar-refractivity contribution in [2.75, 3.05) is 11.4 Å². The van der Waals surface area contributed by atoms with Crippen LogP contribution in [0.25, 0.3) is 6.08 Å². The highest BCUT2D eigenvalue weighted by Crippen LogP contribution is 2.35. The number of carbonyl (C=O) groups is 2. The average molecular weight is 256 g/mol. The number of amides is 1. The maximum atomic E-state index is 11.8. The van der Waals surface area contributed by atoms with E-state index in [9.17, 15) is 9.59 Å². The number of nitrogens with one attached hydrogen (secondary N) is 1. The third-order valence-corrected chi connectivity index (χ3v) is 3.19. The molecule has 0 bridgehead atoms. The SMILES string of the molecule is O=CNOC(=O)C1=CN2CC=Cc3cccc(c32)C1. The second kappa shape index (κ2) is 4.61. The summed E-state index contributed by atoms with van der Waals surface area (Å²) in [5, 5.41) is 0. The second-order valence-corrected chi connectivity index (χ2v) is 4.37. The minimum absolute atomic E-state index is 0.330. The van der Waals surface area contributed by atoms with Gasteiger partial charge in [-0.15, -0.1) is 0 Å². The fourth-order valence-electron chi connectivity index (χ4n) is 2.45. The smallest absolute Gasteiger partial charge is 0.343 e. The number of nitrogens with zero attached hydrogens (tertiary/aromatic N) is 1. The number of carbonyl (C=O) groups excluding carboxylic acids is 2. The quantitative estimate of drug-likeness (QED) is 0.651. The van der Waals surface area contributed by atoms with Gasteiger partial charge >= 0.3 is 5.97 Å². The molecule has 0 aromatic heterocycles. The van der Waals surface area contributed by atoms with Crippen molar-refractivity contribution >= 4 is 24.1 Å². The first-order chi connectivity index (χ1) is 9.29. The predicted molar refractivity (Wildman–Crippen MR) is 69.9 cm³/mol. The molecular formula is C14H12N2O3. The van der Waals surface area contributed by atoms with Gasteiger partial charge < -0.3 is 9.74 Å². The monoisotopic (exact) mass is 256 g/mol. The Morgan fingerprint density at radius 2 is 2.32 bits per heavy atom. The molecule has 5 nitrogen and oxygen atoms in total. The molecule has 0 unspecified atom stereocenters. The van der Waals surface area contributed by atoms with Crippen molar-refractivity contribution in [3.05, 3.63) is 47.2 Å². The molecule has 3 rings (SSSR count). The standard InChI is InChI=1S/C14H12N2O3/c17-9-15-19-14(18)12-7-11-4-1-3-10-5-2-6-16(8-12)13(10)11/h1-5,8-9H,6-7H2,(H,15,17). The molecule has 2 heterocycles. The Morgan fingerprint density at radius 3 is 3.16 bits per heavy atom. The predicted octanol–water partition coefficient (Wildman–Crippen LogP) is 1.16. The number of anilines is 1. The van der Waals surface area contributed by atoms with E-state index in [1.54, 1.807) is 6.20 Å². The minimum atomic E-state index is -0.530. The molecule has 0 spiro atoms. The fraction of sp³-hybridized carbons (Fsp3) is 0.143. The Labute approximate surface area is 110 Å². The molecule has 0 radical (unpaired) electrons. The van der Waals surface area contributed by atoms with Gasteiger partial charge in [0.2, 0.25) is 6.41 Å². The van der Waals surface area contributed by atoms with Crippen LogP contribution in [-0.2, 0) is 20.8 Å². The van der Waals surface area contributed by atoms with Crippen LogP contribution in [-0.4, -0.2) is 18.9 Å². The summed E-state index contributed by atoms with van der Waals surface area (Å²) in [6, 6.07) is 6.02. The molecule has 2 aliphatic heterocycles. The van der Waals surface area contributed by atoms with Gasteiger partial charge in [-0.2, -0.15) is 5.48 Å². The van der Waals surface area contributed by atoms with Gasteiger partial charge in [0.1, 0.15) is 0 Å². The molecule has 1 aromatic rings. The number of hydrogen-bond acceptors (Lipinski definition) is 4. The maximum Gasteiger partial charge on any atom is 0.360 e. The van der Waals surface area contributed by atoms with Gasteiger partial charge in [0.05, 0.1) is 11.3 Å². The molecule has 19 heavy (non-hydrogen) atoms. The second-order valence-electron chi connectivity index (χ2n) is 4.37. The van der Waals surface area contributed by atoms with E-state index in [-0.39, 0.29) is 0 Å². The van der Waals surface area contributed by atoms with Crippen LogP contribution in [0.5, 0.6) is 0 Å². The molecule has 0 atom stereocenters. The molecule has 96 valence electrons. The Hall–Kier alpha value is -2.56. The van der Waals surface area contributed by atoms with Crippen LogP contribution < -0.4 is 10.4 Å². The number of rotatable bonds is 3. The van der Waals surface area contributed by atoms with Gasteiger partial charge in [0.15, 0.2) is 0 Å². The molecule has 1 aromatic carbocycles. The fourth-order valence-corrected chi connectivity index (χ4v) is 2.45. The summed E-state index contributed by atoms with van der Waals surface area (Å²) in [6.07, 6.45) is 6.75. The largest absolute Gasteiger partial charge is 0.360 e. The van der Waals surface area contributed by atoms with E-state index >= 15 is 0 Å². The van der Waals surface area contributed by atoms with E-state index in [2.05, 4.69) is 10.9 Å². The number of para-hydroxylation sites is 1. The van der Waals surface area contributed by atoms with Gasteiger partial charge in [-0.25, -0.2) is 4.79 Å². The van der Waals surface area contributed by atoms with Crippen LogP contribution in [0.4, 0.5) is 5.69 Å². The van der Waals surface area contributed by atoms with Crippen LogP contribution in [0, 0.1) is 0 Å². The zero-order valence-corrected chi connectivity index (χ0v) is 10.1. The van der Waals surface area contributed by atoms with E-state index in [4.69, 9.17) is 0 Å². The zero-order chi connectivity index (χ0) is 13.2. The molecule has 1 amide bonds. The molecule has 0 saturated carbocycles. The Bertz CT molecular complexity index is 605. The van der Waals surface area contributed by atoms with Crippen LogP contribution >= 0.6 is 0 Å². The van der Waals surface area contributed by atoms with Crippen molar-refractivity contribution in [2.24, 2.45) is 0 Å². The lowest BCUT2D eigenvalue weighted by atomic mass is 9.94. The lowest BCUT2D eigenvalue weighted by Crippen LogP contribution is -2.29. The molecule has 0 saturated heterocycles. The van der Waals surface area contributed by atoms with Gasteiger partial charge in [-0.1, -0.05) is 30.4 Å².